The number of alkyl halides is 1. The van der Waals surface area contributed by atoms with Crippen LogP contribution in [0, 0.1) is 11.6 Å². The molecule has 0 aliphatic carbocycles. The summed E-state index contributed by atoms with van der Waals surface area (Å²) >= 11 is 6.12. The fourth-order valence-corrected chi connectivity index (χ4v) is 1.66. The molecule has 1 rings (SSSR count). The van der Waals surface area contributed by atoms with Crippen LogP contribution >= 0.6 is 31.9 Å². The smallest absolute Gasteiger partial charge is 0.143 e. The van der Waals surface area contributed by atoms with Gasteiger partial charge in [0, 0.05) is 10.9 Å². The van der Waals surface area contributed by atoms with E-state index >= 15 is 0 Å². The molecule has 0 saturated heterocycles. The van der Waals surface area contributed by atoms with Crippen molar-refractivity contribution < 1.29 is 8.78 Å². The number of rotatable bonds is 2. The average molecular weight is 300 g/mol. The van der Waals surface area contributed by atoms with Crippen molar-refractivity contribution in [2.24, 2.45) is 0 Å². The Bertz CT molecular complexity index is 287. The Balaban J connectivity index is 3.14. The van der Waals surface area contributed by atoms with E-state index in [-0.39, 0.29) is 5.56 Å². The molecule has 0 spiro atoms. The van der Waals surface area contributed by atoms with Crippen LogP contribution in [0.15, 0.2) is 16.6 Å². The third-order valence-electron chi connectivity index (χ3n) is 1.48. The molecule has 0 radical (unpaired) electrons. The topological polar surface area (TPSA) is 0 Å². The van der Waals surface area contributed by atoms with Crippen molar-refractivity contribution >= 4 is 31.9 Å². The van der Waals surface area contributed by atoms with Crippen LogP contribution in [0.1, 0.15) is 5.56 Å². The van der Waals surface area contributed by atoms with E-state index in [9.17, 15) is 8.78 Å². The highest BCUT2D eigenvalue weighted by atomic mass is 79.9. The summed E-state index contributed by atoms with van der Waals surface area (Å²) in [7, 11) is 0. The van der Waals surface area contributed by atoms with Gasteiger partial charge in [0.15, 0.2) is 0 Å². The zero-order valence-electron chi connectivity index (χ0n) is 6.08. The van der Waals surface area contributed by atoms with Gasteiger partial charge in [0.2, 0.25) is 0 Å². The zero-order chi connectivity index (χ0) is 9.14. The van der Waals surface area contributed by atoms with Gasteiger partial charge in [-0.15, -0.1) is 0 Å². The minimum Gasteiger partial charge on any atom is -0.207 e. The van der Waals surface area contributed by atoms with Crippen LogP contribution in [-0.4, -0.2) is 5.33 Å². The fourth-order valence-electron chi connectivity index (χ4n) is 0.893. The first-order valence-corrected chi connectivity index (χ1v) is 5.26. The monoisotopic (exact) mass is 298 g/mol. The molecule has 66 valence electrons. The second-order valence-corrected chi connectivity index (χ2v) is 3.91. The van der Waals surface area contributed by atoms with Crippen LogP contribution in [-0.2, 0) is 6.42 Å². The Morgan fingerprint density at radius 1 is 1.25 bits per heavy atom. The van der Waals surface area contributed by atoms with Gasteiger partial charge < -0.3 is 0 Å². The highest BCUT2D eigenvalue weighted by Crippen LogP contribution is 2.22. The Morgan fingerprint density at radius 3 is 2.50 bits per heavy atom. The number of benzene rings is 1. The van der Waals surface area contributed by atoms with Gasteiger partial charge in [-0.05, 0) is 34.5 Å². The molecule has 0 saturated carbocycles. The van der Waals surface area contributed by atoms with Gasteiger partial charge in [-0.2, -0.15) is 0 Å². The van der Waals surface area contributed by atoms with Crippen molar-refractivity contribution in [2.45, 2.75) is 6.42 Å². The van der Waals surface area contributed by atoms with E-state index in [0.717, 1.165) is 0 Å². The maximum atomic E-state index is 13.1. The molecule has 0 unspecified atom stereocenters. The van der Waals surface area contributed by atoms with Crippen LogP contribution in [0.3, 0.4) is 0 Å². The summed E-state index contributed by atoms with van der Waals surface area (Å²) in [5, 5.41) is 0.553. The van der Waals surface area contributed by atoms with Gasteiger partial charge in [-0.3, -0.25) is 0 Å². The molecular weight excluding hydrogens is 294 g/mol. The summed E-state index contributed by atoms with van der Waals surface area (Å²) in [6.45, 7) is 0. The summed E-state index contributed by atoms with van der Waals surface area (Å²) in [6, 6.07) is 2.62. The lowest BCUT2D eigenvalue weighted by molar-refractivity contribution is 0.555. The molecule has 1 aromatic carbocycles. The molecule has 12 heavy (non-hydrogen) atoms. The maximum absolute atomic E-state index is 13.1. The summed E-state index contributed by atoms with van der Waals surface area (Å²) < 4.78 is 26.4. The van der Waals surface area contributed by atoms with Crippen molar-refractivity contribution in [1.29, 1.82) is 0 Å². The van der Waals surface area contributed by atoms with Gasteiger partial charge in [-0.1, -0.05) is 15.9 Å². The average Bonchev–Trinajstić information content (AvgIpc) is 2.06. The van der Waals surface area contributed by atoms with E-state index in [2.05, 4.69) is 31.9 Å². The summed E-state index contributed by atoms with van der Waals surface area (Å²) in [5.41, 5.74) is 0.126. The highest BCUT2D eigenvalue weighted by molar-refractivity contribution is 9.10. The number of hydrogen-bond donors (Lipinski definition) is 0. The molecule has 4 heteroatoms. The molecule has 0 nitrogen and oxygen atoms in total. The SMILES string of the molecule is Fc1ccc(Br)c(F)c1CCBr. The van der Waals surface area contributed by atoms with Gasteiger partial charge in [0.05, 0.1) is 4.47 Å². The lowest BCUT2D eigenvalue weighted by Gasteiger charge is -2.03. The predicted octanol–water partition coefficient (Wildman–Crippen LogP) is 3.66. The molecular formula is C8H6Br2F2. The summed E-state index contributed by atoms with van der Waals surface area (Å²) in [4.78, 5) is 0. The Labute approximate surface area is 86.2 Å². The molecule has 0 N–H and O–H groups in total. The molecule has 0 bridgehead atoms. The first-order valence-electron chi connectivity index (χ1n) is 3.35. The minimum atomic E-state index is -0.505. The van der Waals surface area contributed by atoms with E-state index in [1.54, 1.807) is 0 Å². The summed E-state index contributed by atoms with van der Waals surface area (Å²) in [5.74, 6) is -0.996. The van der Waals surface area contributed by atoms with Crippen LogP contribution in [0.5, 0.6) is 0 Å². The van der Waals surface area contributed by atoms with E-state index in [1.165, 1.54) is 12.1 Å². The Hall–Kier alpha value is 0.0400. The molecule has 0 amide bonds. The number of halogens is 4. The van der Waals surface area contributed by atoms with Crippen molar-refractivity contribution in [3.8, 4) is 0 Å². The van der Waals surface area contributed by atoms with E-state index in [1.807, 2.05) is 0 Å². The van der Waals surface area contributed by atoms with Gasteiger partial charge in [-0.25, -0.2) is 8.78 Å². The van der Waals surface area contributed by atoms with Crippen molar-refractivity contribution in [3.63, 3.8) is 0 Å². The van der Waals surface area contributed by atoms with Crippen LogP contribution in [0.4, 0.5) is 8.78 Å². The van der Waals surface area contributed by atoms with Gasteiger partial charge >= 0.3 is 0 Å². The molecule has 0 fully saturated rings. The zero-order valence-corrected chi connectivity index (χ0v) is 9.25. The van der Waals surface area contributed by atoms with Gasteiger partial charge in [0.1, 0.15) is 11.6 Å². The normalized spacial score (nSPS) is 10.3. The van der Waals surface area contributed by atoms with Crippen LogP contribution in [0.2, 0.25) is 0 Å². The minimum absolute atomic E-state index is 0.126. The van der Waals surface area contributed by atoms with E-state index in [4.69, 9.17) is 0 Å². The largest absolute Gasteiger partial charge is 0.207 e. The first-order chi connectivity index (χ1) is 5.66. The lowest BCUT2D eigenvalue weighted by Crippen LogP contribution is -1.97. The summed E-state index contributed by atoms with van der Waals surface area (Å²) in [6.07, 6.45) is 0.358. The van der Waals surface area contributed by atoms with Crippen molar-refractivity contribution in [3.05, 3.63) is 33.8 Å². The standard InChI is InChI=1S/C8H6Br2F2/c9-4-3-5-7(11)2-1-6(10)8(5)12/h1-2H,3-4H2. The molecule has 0 aliphatic rings. The third-order valence-corrected chi connectivity index (χ3v) is 2.49. The van der Waals surface area contributed by atoms with E-state index in [0.29, 0.717) is 16.2 Å². The van der Waals surface area contributed by atoms with Crippen molar-refractivity contribution in [2.75, 3.05) is 5.33 Å². The van der Waals surface area contributed by atoms with Crippen LogP contribution < -0.4 is 0 Å². The second-order valence-electron chi connectivity index (χ2n) is 2.26. The first kappa shape index (κ1) is 10.1. The predicted molar refractivity (Wildman–Crippen MR) is 51.6 cm³/mol. The fraction of sp³-hybridized carbons (Fsp3) is 0.250. The molecule has 0 aliphatic heterocycles. The quantitative estimate of drug-likeness (QED) is 0.577. The highest BCUT2D eigenvalue weighted by Gasteiger charge is 2.10. The maximum Gasteiger partial charge on any atom is 0.143 e. The van der Waals surface area contributed by atoms with Crippen LogP contribution in [0.25, 0.3) is 0 Å². The van der Waals surface area contributed by atoms with Crippen molar-refractivity contribution in [1.82, 2.24) is 0 Å². The van der Waals surface area contributed by atoms with E-state index < -0.39 is 11.6 Å². The van der Waals surface area contributed by atoms with Gasteiger partial charge in [0.25, 0.3) is 0 Å². The molecule has 0 heterocycles. The second kappa shape index (κ2) is 4.33. The Morgan fingerprint density at radius 2 is 1.92 bits per heavy atom. The third kappa shape index (κ3) is 2.04. The number of hydrogen-bond acceptors (Lipinski definition) is 0. The molecule has 0 atom stereocenters. The lowest BCUT2D eigenvalue weighted by atomic mass is 10.1. The molecule has 1 aromatic rings. The molecule has 0 aromatic heterocycles. The Kier molecular flexibility index (Phi) is 3.65.